The molecule has 1 N–H and O–H groups in total. The fourth-order valence-electron chi connectivity index (χ4n) is 2.45. The Labute approximate surface area is 108 Å². The van der Waals surface area contributed by atoms with Crippen LogP contribution >= 0.6 is 0 Å². The van der Waals surface area contributed by atoms with Gasteiger partial charge < -0.3 is 19.7 Å². The molecule has 4 heteroatoms. The first-order valence-corrected chi connectivity index (χ1v) is 6.67. The van der Waals surface area contributed by atoms with Crippen molar-refractivity contribution in [3.63, 3.8) is 0 Å². The number of hydrogen-bond donors (Lipinski definition) is 1. The molecule has 18 heavy (non-hydrogen) atoms. The third kappa shape index (κ3) is 2.01. The maximum Gasteiger partial charge on any atom is 0.185 e. The molecule has 2 unspecified atom stereocenters. The van der Waals surface area contributed by atoms with Crippen molar-refractivity contribution in [2.75, 3.05) is 31.1 Å². The van der Waals surface area contributed by atoms with Crippen LogP contribution in [-0.4, -0.2) is 38.4 Å². The van der Waals surface area contributed by atoms with Gasteiger partial charge in [0.05, 0.1) is 5.69 Å². The van der Waals surface area contributed by atoms with Gasteiger partial charge in [0, 0.05) is 26.2 Å². The fraction of sp³-hybridized carbons (Fsp3) is 0.571. The van der Waals surface area contributed by atoms with Crippen LogP contribution in [0.25, 0.3) is 0 Å². The van der Waals surface area contributed by atoms with Crippen LogP contribution in [0.1, 0.15) is 13.8 Å². The molecule has 0 amide bonds. The lowest BCUT2D eigenvalue weighted by Gasteiger charge is -2.35. The number of nitrogens with zero attached hydrogens (tertiary/aromatic N) is 1. The third-order valence-corrected chi connectivity index (χ3v) is 3.69. The van der Waals surface area contributed by atoms with E-state index in [2.05, 4.69) is 23.2 Å². The summed E-state index contributed by atoms with van der Waals surface area (Å²) in [5, 5.41) is 3.37. The Hall–Kier alpha value is -1.42. The molecule has 0 bridgehead atoms. The largest absolute Gasteiger partial charge is 0.483 e. The summed E-state index contributed by atoms with van der Waals surface area (Å²) in [6.45, 7) is 8.19. The van der Waals surface area contributed by atoms with E-state index < -0.39 is 0 Å². The molecule has 0 spiro atoms. The van der Waals surface area contributed by atoms with Gasteiger partial charge in [-0.3, -0.25) is 0 Å². The second kappa shape index (κ2) is 4.69. The number of hydrogen-bond acceptors (Lipinski definition) is 4. The molecule has 1 aromatic rings. The second-order valence-corrected chi connectivity index (χ2v) is 4.99. The minimum absolute atomic E-state index is 0.0987. The summed E-state index contributed by atoms with van der Waals surface area (Å²) in [5.74, 6) is 1.78. The molecule has 2 aliphatic heterocycles. The predicted octanol–water partition coefficient (Wildman–Crippen LogP) is 1.64. The minimum atomic E-state index is 0.0987. The number of piperazine rings is 1. The molecular formula is C14H20N2O2. The third-order valence-electron chi connectivity index (χ3n) is 3.69. The number of nitrogens with one attached hydrogen (secondary N) is 1. The number of rotatable bonds is 1. The van der Waals surface area contributed by atoms with Gasteiger partial charge in [0.15, 0.2) is 11.5 Å². The summed E-state index contributed by atoms with van der Waals surface area (Å²) in [4.78, 5) is 2.36. The lowest BCUT2D eigenvalue weighted by atomic mass is 10.1. The van der Waals surface area contributed by atoms with Gasteiger partial charge in [-0.15, -0.1) is 0 Å². The highest BCUT2D eigenvalue weighted by atomic mass is 16.6. The Bertz CT molecular complexity index is 430. The Kier molecular flexibility index (Phi) is 3.04. The minimum Gasteiger partial charge on any atom is -0.483 e. The van der Waals surface area contributed by atoms with E-state index in [-0.39, 0.29) is 12.2 Å². The highest BCUT2D eigenvalue weighted by molar-refractivity contribution is 5.65. The summed E-state index contributed by atoms with van der Waals surface area (Å²) in [6, 6.07) is 6.15. The van der Waals surface area contributed by atoms with Crippen LogP contribution in [0.5, 0.6) is 11.5 Å². The zero-order valence-corrected chi connectivity index (χ0v) is 11.0. The van der Waals surface area contributed by atoms with Crippen LogP contribution in [0, 0.1) is 0 Å². The quantitative estimate of drug-likeness (QED) is 0.819. The SMILES string of the molecule is CC1Oc2cccc(N3CCNCC3)c2OC1C. The lowest BCUT2D eigenvalue weighted by Crippen LogP contribution is -2.44. The van der Waals surface area contributed by atoms with Gasteiger partial charge >= 0.3 is 0 Å². The van der Waals surface area contributed by atoms with Crippen molar-refractivity contribution in [3.05, 3.63) is 18.2 Å². The van der Waals surface area contributed by atoms with Crippen molar-refractivity contribution in [2.45, 2.75) is 26.1 Å². The highest BCUT2D eigenvalue weighted by Gasteiger charge is 2.28. The Morgan fingerprint density at radius 3 is 2.61 bits per heavy atom. The molecule has 2 atom stereocenters. The topological polar surface area (TPSA) is 33.7 Å². The Morgan fingerprint density at radius 1 is 1.11 bits per heavy atom. The molecule has 0 radical (unpaired) electrons. The van der Waals surface area contributed by atoms with Gasteiger partial charge in [0.25, 0.3) is 0 Å². The molecule has 0 saturated carbocycles. The first kappa shape index (κ1) is 11.7. The van der Waals surface area contributed by atoms with Crippen molar-refractivity contribution in [2.24, 2.45) is 0 Å². The first-order chi connectivity index (χ1) is 8.75. The van der Waals surface area contributed by atoms with Crippen LogP contribution in [0.15, 0.2) is 18.2 Å². The molecule has 1 fully saturated rings. The molecule has 3 rings (SSSR count). The molecule has 2 heterocycles. The van der Waals surface area contributed by atoms with Crippen molar-refractivity contribution >= 4 is 5.69 Å². The molecule has 1 saturated heterocycles. The van der Waals surface area contributed by atoms with E-state index >= 15 is 0 Å². The second-order valence-electron chi connectivity index (χ2n) is 4.99. The van der Waals surface area contributed by atoms with E-state index in [0.717, 1.165) is 43.4 Å². The highest BCUT2D eigenvalue weighted by Crippen LogP contribution is 2.42. The maximum atomic E-state index is 6.04. The summed E-state index contributed by atoms with van der Waals surface area (Å²) in [5.41, 5.74) is 1.16. The summed E-state index contributed by atoms with van der Waals surface area (Å²) in [7, 11) is 0. The van der Waals surface area contributed by atoms with Crippen molar-refractivity contribution < 1.29 is 9.47 Å². The molecule has 0 aliphatic carbocycles. The number of fused-ring (bicyclic) bond motifs is 1. The number of anilines is 1. The van der Waals surface area contributed by atoms with E-state index in [1.807, 2.05) is 19.1 Å². The average Bonchev–Trinajstić information content (AvgIpc) is 2.40. The number of benzene rings is 1. The normalized spacial score (nSPS) is 27.1. The zero-order valence-electron chi connectivity index (χ0n) is 11.0. The van der Waals surface area contributed by atoms with Gasteiger partial charge in [-0.25, -0.2) is 0 Å². The zero-order chi connectivity index (χ0) is 12.5. The van der Waals surface area contributed by atoms with Gasteiger partial charge in [-0.2, -0.15) is 0 Å². The van der Waals surface area contributed by atoms with Crippen molar-refractivity contribution in [1.82, 2.24) is 5.32 Å². The fourth-order valence-corrected chi connectivity index (χ4v) is 2.45. The molecule has 0 aromatic heterocycles. The lowest BCUT2D eigenvalue weighted by molar-refractivity contribution is 0.0434. The Morgan fingerprint density at radius 2 is 1.83 bits per heavy atom. The molecule has 4 nitrogen and oxygen atoms in total. The summed E-state index contributed by atoms with van der Waals surface area (Å²) >= 11 is 0. The average molecular weight is 248 g/mol. The van der Waals surface area contributed by atoms with Gasteiger partial charge in [-0.1, -0.05) is 6.07 Å². The monoisotopic (exact) mass is 248 g/mol. The number of ether oxygens (including phenoxy) is 2. The van der Waals surface area contributed by atoms with E-state index in [0.29, 0.717) is 0 Å². The van der Waals surface area contributed by atoms with Crippen LogP contribution in [0.4, 0.5) is 5.69 Å². The smallest absolute Gasteiger partial charge is 0.185 e. The van der Waals surface area contributed by atoms with Crippen LogP contribution < -0.4 is 19.7 Å². The first-order valence-electron chi connectivity index (χ1n) is 6.67. The van der Waals surface area contributed by atoms with Crippen molar-refractivity contribution in [3.8, 4) is 11.5 Å². The molecule has 2 aliphatic rings. The number of para-hydroxylation sites is 1. The molecule has 1 aromatic carbocycles. The Balaban J connectivity index is 1.93. The van der Waals surface area contributed by atoms with E-state index in [9.17, 15) is 0 Å². The molecular weight excluding hydrogens is 228 g/mol. The van der Waals surface area contributed by atoms with Gasteiger partial charge in [0.2, 0.25) is 0 Å². The molecule has 98 valence electrons. The van der Waals surface area contributed by atoms with Crippen molar-refractivity contribution in [1.29, 1.82) is 0 Å². The standard InChI is InChI=1S/C14H20N2O2/c1-10-11(2)18-14-12(4-3-5-13(14)17-10)16-8-6-15-7-9-16/h3-5,10-11,15H,6-9H2,1-2H3. The van der Waals surface area contributed by atoms with E-state index in [1.165, 1.54) is 0 Å². The van der Waals surface area contributed by atoms with Crippen LogP contribution in [0.2, 0.25) is 0 Å². The van der Waals surface area contributed by atoms with E-state index in [4.69, 9.17) is 9.47 Å². The van der Waals surface area contributed by atoms with Crippen LogP contribution in [0.3, 0.4) is 0 Å². The van der Waals surface area contributed by atoms with E-state index in [1.54, 1.807) is 0 Å². The van der Waals surface area contributed by atoms with Gasteiger partial charge in [-0.05, 0) is 26.0 Å². The van der Waals surface area contributed by atoms with Crippen LogP contribution in [-0.2, 0) is 0 Å². The maximum absolute atomic E-state index is 6.04. The summed E-state index contributed by atoms with van der Waals surface area (Å²) in [6.07, 6.45) is 0.206. The predicted molar refractivity (Wildman–Crippen MR) is 71.7 cm³/mol. The summed E-state index contributed by atoms with van der Waals surface area (Å²) < 4.78 is 11.9. The van der Waals surface area contributed by atoms with Gasteiger partial charge in [0.1, 0.15) is 12.2 Å².